The lowest BCUT2D eigenvalue weighted by molar-refractivity contribution is -0.136. The third kappa shape index (κ3) is 8.99. The zero-order chi connectivity index (χ0) is 29.5. The summed E-state index contributed by atoms with van der Waals surface area (Å²) in [5, 5.41) is 23.0. The van der Waals surface area contributed by atoms with Gasteiger partial charge in [0.1, 0.15) is 0 Å². The van der Waals surface area contributed by atoms with Gasteiger partial charge in [-0.2, -0.15) is 4.31 Å². The van der Waals surface area contributed by atoms with Crippen LogP contribution in [0.15, 0.2) is 77.7 Å². The van der Waals surface area contributed by atoms with E-state index < -0.39 is 22.1 Å². The molecule has 3 aromatic rings. The van der Waals surface area contributed by atoms with E-state index in [-0.39, 0.29) is 29.9 Å². The van der Waals surface area contributed by atoms with E-state index in [1.54, 1.807) is 18.2 Å². The Kier molecular flexibility index (Phi) is 10.7. The molecule has 3 N–H and O–H groups in total. The molecule has 0 saturated heterocycles. The molecule has 7 nitrogen and oxygen atoms in total. The van der Waals surface area contributed by atoms with Crippen molar-refractivity contribution in [2.45, 2.75) is 69.4 Å². The first-order valence-corrected chi connectivity index (χ1v) is 15.1. The third-order valence-corrected chi connectivity index (χ3v) is 8.85. The molecular formula is C32H42N2O5S. The van der Waals surface area contributed by atoms with Crippen LogP contribution >= 0.6 is 0 Å². The summed E-state index contributed by atoms with van der Waals surface area (Å²) in [4.78, 5) is 11.0. The normalized spacial score (nSPS) is 13.1. The first kappa shape index (κ1) is 31.5. The molecule has 8 heteroatoms. The van der Waals surface area contributed by atoms with Crippen molar-refractivity contribution in [1.29, 1.82) is 0 Å². The number of sulfonamides is 1. The van der Waals surface area contributed by atoms with Gasteiger partial charge in [-0.3, -0.25) is 4.79 Å². The minimum Gasteiger partial charge on any atom is -0.481 e. The van der Waals surface area contributed by atoms with Gasteiger partial charge < -0.3 is 15.5 Å². The zero-order valence-corrected chi connectivity index (χ0v) is 24.9. The van der Waals surface area contributed by atoms with E-state index in [2.05, 4.69) is 57.3 Å². The van der Waals surface area contributed by atoms with Crippen LogP contribution in [-0.2, 0) is 27.7 Å². The molecule has 0 bridgehead atoms. The van der Waals surface area contributed by atoms with Crippen molar-refractivity contribution in [3.05, 3.63) is 89.5 Å². The van der Waals surface area contributed by atoms with Crippen LogP contribution in [0, 0.1) is 0 Å². The highest BCUT2D eigenvalue weighted by molar-refractivity contribution is 7.89. The monoisotopic (exact) mass is 566 g/mol. The van der Waals surface area contributed by atoms with Crippen molar-refractivity contribution in [3.63, 3.8) is 0 Å². The summed E-state index contributed by atoms with van der Waals surface area (Å²) in [6.45, 7) is 8.69. The minimum atomic E-state index is -3.82. The van der Waals surface area contributed by atoms with Crippen LogP contribution in [-0.4, -0.2) is 60.7 Å². The van der Waals surface area contributed by atoms with E-state index in [1.165, 1.54) is 22.5 Å². The lowest BCUT2D eigenvalue weighted by atomic mass is 9.93. The van der Waals surface area contributed by atoms with Gasteiger partial charge in [-0.1, -0.05) is 74.5 Å². The van der Waals surface area contributed by atoms with Crippen LogP contribution in [0.25, 0.3) is 11.1 Å². The molecule has 0 aliphatic rings. The molecule has 0 fully saturated rings. The van der Waals surface area contributed by atoms with Gasteiger partial charge in [0.25, 0.3) is 0 Å². The Bertz CT molecular complexity index is 1370. The summed E-state index contributed by atoms with van der Waals surface area (Å²) in [5.41, 5.74) is 4.70. The van der Waals surface area contributed by atoms with E-state index >= 15 is 0 Å². The van der Waals surface area contributed by atoms with Gasteiger partial charge in [0.15, 0.2) is 0 Å². The molecule has 40 heavy (non-hydrogen) atoms. The maximum atomic E-state index is 13.3. The molecule has 1 atom stereocenters. The summed E-state index contributed by atoms with van der Waals surface area (Å²) in [6.07, 6.45) is 0.391. The highest BCUT2D eigenvalue weighted by atomic mass is 32.2. The van der Waals surface area contributed by atoms with Crippen LogP contribution in [0.5, 0.6) is 0 Å². The van der Waals surface area contributed by atoms with Gasteiger partial charge in [-0.25, -0.2) is 8.42 Å². The van der Waals surface area contributed by atoms with Crippen molar-refractivity contribution in [3.8, 4) is 11.1 Å². The molecular weight excluding hydrogens is 524 g/mol. The molecule has 216 valence electrons. The summed E-state index contributed by atoms with van der Waals surface area (Å²) >= 11 is 0. The van der Waals surface area contributed by atoms with Gasteiger partial charge >= 0.3 is 5.97 Å². The number of aryl methyl sites for hydroxylation is 1. The Labute approximate surface area is 238 Å². The number of hydrogen-bond donors (Lipinski definition) is 3. The van der Waals surface area contributed by atoms with Crippen LogP contribution in [0.2, 0.25) is 0 Å². The SMILES string of the molecule is CC(C)c1ccc(CC(C)(C)NCC(O)CN(C)S(=O)(=O)c2cccc(-c3ccc(CCC(=O)O)cc3)c2)cc1. The number of aliphatic hydroxyl groups excluding tert-OH is 1. The number of carbonyl (C=O) groups is 1. The van der Waals surface area contributed by atoms with E-state index in [9.17, 15) is 18.3 Å². The number of nitrogens with one attached hydrogen (secondary N) is 1. The molecule has 3 rings (SSSR count). The summed E-state index contributed by atoms with van der Waals surface area (Å²) in [6, 6.07) is 22.7. The van der Waals surface area contributed by atoms with Crippen molar-refractivity contribution in [2.75, 3.05) is 20.1 Å². The fourth-order valence-corrected chi connectivity index (χ4v) is 5.83. The predicted molar refractivity (Wildman–Crippen MR) is 160 cm³/mol. The summed E-state index contributed by atoms with van der Waals surface area (Å²) in [7, 11) is -2.35. The van der Waals surface area contributed by atoms with Crippen LogP contribution in [0.1, 0.15) is 56.7 Å². The standard InChI is InChI=1S/C32H42N2O5S/c1-23(2)26-14-11-25(12-15-26)20-32(3,4)33-21-29(35)22-34(5)40(38,39)30-8-6-7-28(19-30)27-16-9-24(10-17-27)13-18-31(36)37/h6-12,14-17,19,23,29,33,35H,13,18,20-22H2,1-5H3,(H,36,37). The predicted octanol–water partition coefficient (Wildman–Crippen LogP) is 5.09. The van der Waals surface area contributed by atoms with Crippen LogP contribution in [0.3, 0.4) is 0 Å². The maximum Gasteiger partial charge on any atom is 0.303 e. The Morgan fingerprint density at radius 1 is 0.950 bits per heavy atom. The molecule has 0 saturated carbocycles. The number of β-amino-alcohol motifs (C(OH)–C–C–N with tert-alkyl or cyclic N) is 1. The van der Waals surface area contributed by atoms with E-state index in [1.807, 2.05) is 30.3 Å². The third-order valence-electron chi connectivity index (χ3n) is 7.03. The fraction of sp³-hybridized carbons (Fsp3) is 0.406. The summed E-state index contributed by atoms with van der Waals surface area (Å²) < 4.78 is 27.8. The van der Waals surface area contributed by atoms with Gasteiger partial charge in [0.2, 0.25) is 10.0 Å². The Balaban J connectivity index is 1.59. The number of likely N-dealkylation sites (N-methyl/N-ethyl adjacent to an activating group) is 1. The number of nitrogens with zero attached hydrogens (tertiary/aromatic N) is 1. The topological polar surface area (TPSA) is 107 Å². The number of aliphatic carboxylic acids is 1. The lowest BCUT2D eigenvalue weighted by Crippen LogP contribution is -2.47. The Hall–Kier alpha value is -3.04. The van der Waals surface area contributed by atoms with Crippen molar-refractivity contribution >= 4 is 16.0 Å². The largest absolute Gasteiger partial charge is 0.481 e. The van der Waals surface area contributed by atoms with Gasteiger partial charge in [-0.05, 0) is 72.6 Å². The van der Waals surface area contributed by atoms with Gasteiger partial charge in [0, 0.05) is 32.1 Å². The second kappa shape index (κ2) is 13.5. The highest BCUT2D eigenvalue weighted by Crippen LogP contribution is 2.25. The molecule has 0 radical (unpaired) electrons. The molecule has 3 aromatic carbocycles. The molecule has 0 aromatic heterocycles. The second-order valence-electron chi connectivity index (χ2n) is 11.4. The van der Waals surface area contributed by atoms with E-state index in [0.29, 0.717) is 12.3 Å². The van der Waals surface area contributed by atoms with Crippen LogP contribution < -0.4 is 5.32 Å². The average Bonchev–Trinajstić information content (AvgIpc) is 2.91. The fourth-order valence-electron chi connectivity index (χ4n) is 4.58. The second-order valence-corrected chi connectivity index (χ2v) is 13.4. The first-order valence-electron chi connectivity index (χ1n) is 13.7. The lowest BCUT2D eigenvalue weighted by Gasteiger charge is -2.29. The maximum absolute atomic E-state index is 13.3. The number of carboxylic acid groups (broad SMARTS) is 1. The van der Waals surface area contributed by atoms with Crippen molar-refractivity contribution in [2.24, 2.45) is 0 Å². The summed E-state index contributed by atoms with van der Waals surface area (Å²) in [5.74, 6) is -0.363. The quantitative estimate of drug-likeness (QED) is 0.251. The van der Waals surface area contributed by atoms with Crippen molar-refractivity contribution in [1.82, 2.24) is 9.62 Å². The Morgan fingerprint density at radius 2 is 1.57 bits per heavy atom. The zero-order valence-electron chi connectivity index (χ0n) is 24.1. The molecule has 1 unspecified atom stereocenters. The highest BCUT2D eigenvalue weighted by Gasteiger charge is 2.25. The van der Waals surface area contributed by atoms with E-state index in [4.69, 9.17) is 5.11 Å². The number of hydrogen-bond acceptors (Lipinski definition) is 5. The molecule has 0 aliphatic carbocycles. The number of aliphatic hydroxyl groups is 1. The molecule has 0 spiro atoms. The van der Waals surface area contributed by atoms with Crippen LogP contribution in [0.4, 0.5) is 0 Å². The Morgan fingerprint density at radius 3 is 2.17 bits per heavy atom. The van der Waals surface area contributed by atoms with Gasteiger partial charge in [0.05, 0.1) is 11.0 Å². The molecule has 0 heterocycles. The smallest absolute Gasteiger partial charge is 0.303 e. The average molecular weight is 567 g/mol. The first-order chi connectivity index (χ1) is 18.8. The van der Waals surface area contributed by atoms with E-state index in [0.717, 1.165) is 23.1 Å². The number of benzene rings is 3. The molecule has 0 aliphatic heterocycles. The molecule has 0 amide bonds. The number of carboxylic acids is 1. The van der Waals surface area contributed by atoms with Gasteiger partial charge in [-0.15, -0.1) is 0 Å². The number of rotatable bonds is 14. The van der Waals surface area contributed by atoms with Crippen molar-refractivity contribution < 1.29 is 23.4 Å². The minimum absolute atomic E-state index is 0.0446.